The number of carbonyl (C=O) groups excluding carboxylic acids is 1. The lowest BCUT2D eigenvalue weighted by atomic mass is 10.2. The Kier molecular flexibility index (Phi) is 4.61. The molecule has 96 valence electrons. The van der Waals surface area contributed by atoms with Gasteiger partial charge in [-0.05, 0) is 29.8 Å². The van der Waals surface area contributed by atoms with Crippen LogP contribution in [0, 0.1) is 0 Å². The number of nitrogens with one attached hydrogen (secondary N) is 1. The van der Waals surface area contributed by atoms with Crippen molar-refractivity contribution in [3.05, 3.63) is 70.2 Å². The van der Waals surface area contributed by atoms with E-state index >= 15 is 0 Å². The molecule has 0 aliphatic heterocycles. The Morgan fingerprint density at radius 1 is 1.05 bits per heavy atom. The monoisotopic (exact) mass is 291 g/mol. The second-order valence-electron chi connectivity index (χ2n) is 3.86. The summed E-state index contributed by atoms with van der Waals surface area (Å²) < 4.78 is 0. The number of halogens is 2. The largest absolute Gasteiger partial charge is 0.321 e. The molecule has 1 amide bonds. The first-order valence-electron chi connectivity index (χ1n) is 5.64. The van der Waals surface area contributed by atoms with Crippen LogP contribution in [0.15, 0.2) is 54.6 Å². The Labute approximate surface area is 121 Å². The zero-order valence-electron chi connectivity index (χ0n) is 9.94. The van der Waals surface area contributed by atoms with Gasteiger partial charge in [0.2, 0.25) is 5.91 Å². The summed E-state index contributed by atoms with van der Waals surface area (Å²) in [5.74, 6) is -0.243. The molecule has 0 atom stereocenters. The highest BCUT2D eigenvalue weighted by atomic mass is 35.5. The van der Waals surface area contributed by atoms with Crippen molar-refractivity contribution in [1.29, 1.82) is 0 Å². The first-order valence-corrected chi connectivity index (χ1v) is 6.40. The quantitative estimate of drug-likeness (QED) is 0.820. The average molecular weight is 292 g/mol. The maximum Gasteiger partial charge on any atom is 0.248 e. The van der Waals surface area contributed by atoms with Gasteiger partial charge in [-0.2, -0.15) is 0 Å². The Morgan fingerprint density at radius 3 is 2.47 bits per heavy atom. The van der Waals surface area contributed by atoms with Gasteiger partial charge in [-0.3, -0.25) is 4.79 Å². The number of benzene rings is 2. The first kappa shape index (κ1) is 13.7. The van der Waals surface area contributed by atoms with Crippen LogP contribution < -0.4 is 5.32 Å². The van der Waals surface area contributed by atoms with Crippen molar-refractivity contribution in [3.63, 3.8) is 0 Å². The minimum absolute atomic E-state index is 0.243. The van der Waals surface area contributed by atoms with Crippen molar-refractivity contribution in [2.45, 2.75) is 0 Å². The average Bonchev–Trinajstić information content (AvgIpc) is 2.41. The van der Waals surface area contributed by atoms with E-state index < -0.39 is 0 Å². The molecule has 0 saturated carbocycles. The summed E-state index contributed by atoms with van der Waals surface area (Å²) in [6.45, 7) is 0. The molecule has 19 heavy (non-hydrogen) atoms. The molecule has 1 N–H and O–H groups in total. The van der Waals surface area contributed by atoms with Crippen LogP contribution in [0.1, 0.15) is 5.56 Å². The van der Waals surface area contributed by atoms with Gasteiger partial charge in [0.1, 0.15) is 0 Å². The summed E-state index contributed by atoms with van der Waals surface area (Å²) in [6, 6.07) is 14.5. The maximum absolute atomic E-state index is 11.7. The molecule has 0 aliphatic rings. The normalized spacial score (nSPS) is 10.6. The zero-order chi connectivity index (χ0) is 13.7. The van der Waals surface area contributed by atoms with E-state index in [2.05, 4.69) is 5.32 Å². The first-order chi connectivity index (χ1) is 9.15. The Bertz CT molecular complexity index is 609. The second kappa shape index (κ2) is 6.41. The van der Waals surface area contributed by atoms with E-state index in [1.165, 1.54) is 6.08 Å². The topological polar surface area (TPSA) is 29.1 Å². The molecule has 2 aromatic rings. The number of hydrogen-bond acceptors (Lipinski definition) is 1. The van der Waals surface area contributed by atoms with Crippen LogP contribution in [0.3, 0.4) is 0 Å². The van der Waals surface area contributed by atoms with Crippen LogP contribution in [-0.2, 0) is 4.79 Å². The molecule has 4 heteroatoms. The van der Waals surface area contributed by atoms with Crippen LogP contribution >= 0.6 is 23.2 Å². The summed E-state index contributed by atoms with van der Waals surface area (Å²) in [6.07, 6.45) is 3.19. The van der Waals surface area contributed by atoms with E-state index in [4.69, 9.17) is 23.2 Å². The van der Waals surface area contributed by atoms with Crippen molar-refractivity contribution in [3.8, 4) is 0 Å². The van der Waals surface area contributed by atoms with Crippen LogP contribution in [0.2, 0.25) is 10.0 Å². The predicted octanol–water partition coefficient (Wildman–Crippen LogP) is 4.65. The maximum atomic E-state index is 11.7. The van der Waals surface area contributed by atoms with Crippen molar-refractivity contribution in [2.24, 2.45) is 0 Å². The minimum atomic E-state index is -0.243. The molecule has 2 nitrogen and oxygen atoms in total. The van der Waals surface area contributed by atoms with E-state index in [0.29, 0.717) is 15.7 Å². The summed E-state index contributed by atoms with van der Waals surface area (Å²) in [7, 11) is 0. The third kappa shape index (κ3) is 4.12. The molecular formula is C15H11Cl2NO. The van der Waals surface area contributed by atoms with Gasteiger partial charge in [0, 0.05) is 11.1 Å². The molecule has 0 unspecified atom stereocenters. The number of hydrogen-bond donors (Lipinski definition) is 1. The highest BCUT2D eigenvalue weighted by Crippen LogP contribution is 2.25. The molecule has 0 aromatic heterocycles. The highest BCUT2D eigenvalue weighted by molar-refractivity contribution is 6.36. The van der Waals surface area contributed by atoms with Gasteiger partial charge < -0.3 is 5.32 Å². The molecule has 0 radical (unpaired) electrons. The smallest absolute Gasteiger partial charge is 0.248 e. The molecule has 0 bridgehead atoms. The van der Waals surface area contributed by atoms with Crippen molar-refractivity contribution in [1.82, 2.24) is 0 Å². The molecule has 0 heterocycles. The number of anilines is 1. The summed E-state index contributed by atoms with van der Waals surface area (Å²) in [5.41, 5.74) is 1.49. The third-order valence-corrected chi connectivity index (χ3v) is 2.96. The summed E-state index contributed by atoms with van der Waals surface area (Å²) in [5, 5.41) is 3.63. The van der Waals surface area contributed by atoms with E-state index in [0.717, 1.165) is 5.56 Å². The lowest BCUT2D eigenvalue weighted by Gasteiger charge is -2.04. The van der Waals surface area contributed by atoms with Crippen LogP contribution in [0.25, 0.3) is 6.08 Å². The second-order valence-corrected chi connectivity index (χ2v) is 4.70. The third-order valence-electron chi connectivity index (χ3n) is 2.42. The SMILES string of the molecule is O=C(/C=C/c1ccccc1)Nc1ccc(Cl)cc1Cl. The Hall–Kier alpha value is -1.77. The van der Waals surface area contributed by atoms with Crippen molar-refractivity contribution < 1.29 is 4.79 Å². The molecule has 0 saturated heterocycles. The molecule has 2 aromatic carbocycles. The van der Waals surface area contributed by atoms with Gasteiger partial charge in [0.25, 0.3) is 0 Å². The van der Waals surface area contributed by atoms with E-state index in [9.17, 15) is 4.79 Å². The fourth-order valence-corrected chi connectivity index (χ4v) is 1.96. The molecule has 0 fully saturated rings. The molecule has 0 aliphatic carbocycles. The van der Waals surface area contributed by atoms with Crippen LogP contribution in [0.5, 0.6) is 0 Å². The van der Waals surface area contributed by atoms with E-state index in [-0.39, 0.29) is 5.91 Å². The van der Waals surface area contributed by atoms with Crippen LogP contribution in [-0.4, -0.2) is 5.91 Å². The fourth-order valence-electron chi connectivity index (χ4n) is 1.50. The van der Waals surface area contributed by atoms with E-state index in [1.54, 1.807) is 24.3 Å². The highest BCUT2D eigenvalue weighted by Gasteiger charge is 2.03. The lowest BCUT2D eigenvalue weighted by Crippen LogP contribution is -2.07. The van der Waals surface area contributed by atoms with Gasteiger partial charge in [0.05, 0.1) is 10.7 Å². The molecule has 0 spiro atoms. The minimum Gasteiger partial charge on any atom is -0.321 e. The van der Waals surface area contributed by atoms with Gasteiger partial charge in [-0.1, -0.05) is 53.5 Å². The summed E-state index contributed by atoms with van der Waals surface area (Å²) in [4.78, 5) is 11.7. The molecule has 2 rings (SSSR count). The number of amides is 1. The van der Waals surface area contributed by atoms with Gasteiger partial charge in [-0.25, -0.2) is 0 Å². The van der Waals surface area contributed by atoms with Crippen molar-refractivity contribution >= 4 is 40.9 Å². The summed E-state index contributed by atoms with van der Waals surface area (Å²) >= 11 is 11.8. The Balaban J connectivity index is 2.04. The number of carbonyl (C=O) groups is 1. The van der Waals surface area contributed by atoms with Crippen LogP contribution in [0.4, 0.5) is 5.69 Å². The van der Waals surface area contributed by atoms with E-state index in [1.807, 2.05) is 30.3 Å². The zero-order valence-corrected chi connectivity index (χ0v) is 11.4. The fraction of sp³-hybridized carbons (Fsp3) is 0. The van der Waals surface area contributed by atoms with Gasteiger partial charge in [0.15, 0.2) is 0 Å². The lowest BCUT2D eigenvalue weighted by molar-refractivity contribution is -0.111. The van der Waals surface area contributed by atoms with Gasteiger partial charge in [-0.15, -0.1) is 0 Å². The Morgan fingerprint density at radius 2 is 1.79 bits per heavy atom. The van der Waals surface area contributed by atoms with Crippen molar-refractivity contribution in [2.75, 3.05) is 5.32 Å². The molecular weight excluding hydrogens is 281 g/mol. The standard InChI is InChI=1S/C15H11Cl2NO/c16-12-7-8-14(13(17)10-12)18-15(19)9-6-11-4-2-1-3-5-11/h1-10H,(H,18,19)/b9-6+. The predicted molar refractivity (Wildman–Crippen MR) is 80.6 cm³/mol. The number of rotatable bonds is 3. The van der Waals surface area contributed by atoms with Gasteiger partial charge >= 0.3 is 0 Å².